The van der Waals surface area contributed by atoms with Gasteiger partial charge in [0.25, 0.3) is 0 Å². The first-order valence-electron chi connectivity index (χ1n) is 6.23. The van der Waals surface area contributed by atoms with Crippen LogP contribution in [0.15, 0.2) is 22.7 Å². The van der Waals surface area contributed by atoms with Crippen molar-refractivity contribution in [1.82, 2.24) is 0 Å². The Kier molecular flexibility index (Phi) is 3.19. The number of nitrogens with zero attached hydrogens (tertiary/aromatic N) is 1. The predicted molar refractivity (Wildman–Crippen MR) is 78.4 cm³/mol. The van der Waals surface area contributed by atoms with E-state index >= 15 is 0 Å². The van der Waals surface area contributed by atoms with E-state index in [2.05, 4.69) is 55.0 Å². The van der Waals surface area contributed by atoms with Crippen LogP contribution in [-0.2, 0) is 0 Å². The lowest BCUT2D eigenvalue weighted by atomic mass is 10.0. The molecule has 0 aromatic heterocycles. The van der Waals surface area contributed by atoms with Crippen LogP contribution in [0.25, 0.3) is 0 Å². The summed E-state index contributed by atoms with van der Waals surface area (Å²) in [6.45, 7) is 10.2. The third kappa shape index (κ3) is 2.14. The quantitative estimate of drug-likeness (QED) is 0.897. The van der Waals surface area contributed by atoms with Crippen molar-refractivity contribution < 1.29 is 0 Å². The molecule has 0 heterocycles. The molecular weight excluding hydrogens is 288 g/mol. The molecule has 0 amide bonds. The average Bonchev–Trinajstić information content (AvgIpc) is 2.66. The first-order chi connectivity index (χ1) is 8.29. The van der Waals surface area contributed by atoms with E-state index in [-0.39, 0.29) is 0 Å². The number of hydrogen-bond acceptors (Lipinski definition) is 2. The summed E-state index contributed by atoms with van der Waals surface area (Å²) < 4.78 is 0.943. The lowest BCUT2D eigenvalue weighted by Gasteiger charge is -2.08. The fourth-order valence-corrected chi connectivity index (χ4v) is 3.31. The molecule has 0 spiro atoms. The standard InChI is InChI=1S/C15H19BrN2/c1-14(2)13(15(14,3)4)9-18-12-6-10(8-17)5-11(16)7-12/h5-7,13,18H,9H2,1-4H3. The van der Waals surface area contributed by atoms with E-state index in [1.165, 1.54) is 0 Å². The highest BCUT2D eigenvalue weighted by atomic mass is 79.9. The molecular formula is C15H19BrN2. The molecule has 0 aliphatic heterocycles. The molecule has 1 saturated carbocycles. The fourth-order valence-electron chi connectivity index (χ4n) is 2.82. The van der Waals surface area contributed by atoms with Gasteiger partial charge in [-0.3, -0.25) is 0 Å². The molecule has 96 valence electrons. The molecule has 1 aliphatic rings. The van der Waals surface area contributed by atoms with Crippen molar-refractivity contribution in [2.24, 2.45) is 16.7 Å². The van der Waals surface area contributed by atoms with Crippen molar-refractivity contribution >= 4 is 21.6 Å². The maximum Gasteiger partial charge on any atom is 0.0992 e. The van der Waals surface area contributed by atoms with Crippen molar-refractivity contribution in [1.29, 1.82) is 5.26 Å². The molecule has 1 aromatic rings. The Morgan fingerprint density at radius 3 is 2.33 bits per heavy atom. The van der Waals surface area contributed by atoms with Crippen LogP contribution in [0, 0.1) is 28.1 Å². The van der Waals surface area contributed by atoms with Gasteiger partial charge in [-0.25, -0.2) is 0 Å². The van der Waals surface area contributed by atoms with Gasteiger partial charge in [-0.2, -0.15) is 5.26 Å². The Labute approximate surface area is 118 Å². The van der Waals surface area contributed by atoms with E-state index in [0.29, 0.717) is 22.3 Å². The Morgan fingerprint density at radius 2 is 1.83 bits per heavy atom. The van der Waals surface area contributed by atoms with Crippen molar-refractivity contribution in [2.75, 3.05) is 11.9 Å². The van der Waals surface area contributed by atoms with Crippen molar-refractivity contribution in [3.05, 3.63) is 28.2 Å². The molecule has 0 bridgehead atoms. The Hall–Kier alpha value is -1.01. The Morgan fingerprint density at radius 1 is 1.22 bits per heavy atom. The van der Waals surface area contributed by atoms with Crippen LogP contribution in [0.1, 0.15) is 33.3 Å². The van der Waals surface area contributed by atoms with E-state index in [4.69, 9.17) is 5.26 Å². The van der Waals surface area contributed by atoms with Crippen molar-refractivity contribution in [3.63, 3.8) is 0 Å². The summed E-state index contributed by atoms with van der Waals surface area (Å²) in [6, 6.07) is 7.92. The molecule has 1 N–H and O–H groups in total. The van der Waals surface area contributed by atoms with Crippen molar-refractivity contribution in [2.45, 2.75) is 27.7 Å². The summed E-state index contributed by atoms with van der Waals surface area (Å²) in [7, 11) is 0. The summed E-state index contributed by atoms with van der Waals surface area (Å²) in [5, 5.41) is 12.4. The zero-order valence-corrected chi connectivity index (χ0v) is 12.9. The highest BCUT2D eigenvalue weighted by Crippen LogP contribution is 2.68. The van der Waals surface area contributed by atoms with Crippen LogP contribution in [0.2, 0.25) is 0 Å². The molecule has 1 aromatic carbocycles. The minimum atomic E-state index is 0.393. The molecule has 1 fully saturated rings. The molecule has 3 heteroatoms. The van der Waals surface area contributed by atoms with Crippen LogP contribution < -0.4 is 5.32 Å². The summed E-state index contributed by atoms with van der Waals surface area (Å²) in [4.78, 5) is 0. The maximum atomic E-state index is 8.94. The smallest absolute Gasteiger partial charge is 0.0992 e. The minimum absolute atomic E-state index is 0.393. The average molecular weight is 307 g/mol. The fraction of sp³-hybridized carbons (Fsp3) is 0.533. The van der Waals surface area contributed by atoms with Gasteiger partial charge in [0.15, 0.2) is 0 Å². The molecule has 0 unspecified atom stereocenters. The molecule has 0 radical (unpaired) electrons. The second-order valence-electron chi connectivity index (χ2n) is 6.22. The predicted octanol–water partition coefficient (Wildman–Crippen LogP) is 4.41. The van der Waals surface area contributed by atoms with E-state index in [9.17, 15) is 0 Å². The highest BCUT2D eigenvalue weighted by Gasteiger charge is 2.63. The lowest BCUT2D eigenvalue weighted by molar-refractivity contribution is 0.457. The van der Waals surface area contributed by atoms with Gasteiger partial charge in [0.05, 0.1) is 11.6 Å². The molecule has 0 saturated heterocycles. The van der Waals surface area contributed by atoms with Gasteiger partial charge in [0.2, 0.25) is 0 Å². The number of halogens is 1. The third-order valence-corrected chi connectivity index (χ3v) is 5.31. The van der Waals surface area contributed by atoms with Crippen LogP contribution in [0.5, 0.6) is 0 Å². The topological polar surface area (TPSA) is 35.8 Å². The van der Waals surface area contributed by atoms with Crippen LogP contribution in [0.3, 0.4) is 0 Å². The molecule has 0 atom stereocenters. The van der Waals surface area contributed by atoms with Crippen LogP contribution in [-0.4, -0.2) is 6.54 Å². The summed E-state index contributed by atoms with van der Waals surface area (Å²) in [5.41, 5.74) is 2.48. The summed E-state index contributed by atoms with van der Waals surface area (Å²) >= 11 is 3.43. The molecule has 18 heavy (non-hydrogen) atoms. The van der Waals surface area contributed by atoms with Gasteiger partial charge in [-0.05, 0) is 34.9 Å². The Balaban J connectivity index is 2.05. The van der Waals surface area contributed by atoms with E-state index in [1.54, 1.807) is 0 Å². The van der Waals surface area contributed by atoms with Gasteiger partial charge in [0.1, 0.15) is 0 Å². The third-order valence-electron chi connectivity index (χ3n) is 4.86. The zero-order valence-electron chi connectivity index (χ0n) is 11.3. The Bertz CT molecular complexity index is 498. The molecule has 2 rings (SSSR count). The number of rotatable bonds is 3. The first-order valence-corrected chi connectivity index (χ1v) is 7.03. The van der Waals surface area contributed by atoms with Gasteiger partial charge in [-0.15, -0.1) is 0 Å². The SMILES string of the molecule is CC1(C)C(CNc2cc(Br)cc(C#N)c2)C1(C)C. The number of nitrogens with one attached hydrogen (secondary N) is 1. The first kappa shape index (κ1) is 13.4. The van der Waals surface area contributed by atoms with Gasteiger partial charge in [0, 0.05) is 16.7 Å². The van der Waals surface area contributed by atoms with Gasteiger partial charge < -0.3 is 5.32 Å². The largest absolute Gasteiger partial charge is 0.385 e. The highest BCUT2D eigenvalue weighted by molar-refractivity contribution is 9.10. The second kappa shape index (κ2) is 4.28. The molecule has 1 aliphatic carbocycles. The summed E-state index contributed by atoms with van der Waals surface area (Å²) in [6.07, 6.45) is 0. The van der Waals surface area contributed by atoms with Crippen LogP contribution >= 0.6 is 15.9 Å². The number of nitriles is 1. The van der Waals surface area contributed by atoms with Crippen LogP contribution in [0.4, 0.5) is 5.69 Å². The number of anilines is 1. The minimum Gasteiger partial charge on any atom is -0.385 e. The van der Waals surface area contributed by atoms with Gasteiger partial charge >= 0.3 is 0 Å². The second-order valence-corrected chi connectivity index (χ2v) is 7.13. The maximum absolute atomic E-state index is 8.94. The van der Waals surface area contributed by atoms with E-state index in [1.807, 2.05) is 18.2 Å². The zero-order chi connectivity index (χ0) is 13.6. The van der Waals surface area contributed by atoms with Gasteiger partial charge in [-0.1, -0.05) is 43.6 Å². The number of hydrogen-bond donors (Lipinski definition) is 1. The van der Waals surface area contributed by atoms with Crippen molar-refractivity contribution in [3.8, 4) is 6.07 Å². The summed E-state index contributed by atoms with van der Waals surface area (Å²) in [5.74, 6) is 0.675. The van der Waals surface area contributed by atoms with E-state index in [0.717, 1.165) is 16.7 Å². The normalized spacial score (nSPS) is 20.2. The monoisotopic (exact) mass is 306 g/mol. The van der Waals surface area contributed by atoms with E-state index < -0.39 is 0 Å². The lowest BCUT2D eigenvalue weighted by Crippen LogP contribution is -2.08. The number of benzene rings is 1. The molecule has 2 nitrogen and oxygen atoms in total.